The summed E-state index contributed by atoms with van der Waals surface area (Å²) in [5, 5.41) is 5.90. The number of piperidine rings is 1. The molecule has 1 aliphatic rings. The van der Waals surface area contributed by atoms with Crippen molar-refractivity contribution in [2.24, 2.45) is 5.92 Å². The molecule has 2 rings (SSSR count). The van der Waals surface area contributed by atoms with Gasteiger partial charge in [-0.05, 0) is 57.5 Å². The lowest BCUT2D eigenvalue weighted by molar-refractivity contribution is -0.127. The van der Waals surface area contributed by atoms with Gasteiger partial charge in [0.15, 0.2) is 0 Å². The summed E-state index contributed by atoms with van der Waals surface area (Å²) in [6.07, 6.45) is 3.54. The average Bonchev–Trinajstić information content (AvgIpc) is 2.63. The summed E-state index contributed by atoms with van der Waals surface area (Å²) in [5.74, 6) is -0.497. The van der Waals surface area contributed by atoms with Crippen LogP contribution in [0.15, 0.2) is 18.2 Å². The van der Waals surface area contributed by atoms with Gasteiger partial charge >= 0.3 is 0 Å². The summed E-state index contributed by atoms with van der Waals surface area (Å²) < 4.78 is 13.1. The van der Waals surface area contributed by atoms with Crippen molar-refractivity contribution in [3.05, 3.63) is 29.0 Å². The molecule has 1 aliphatic heterocycles. The Morgan fingerprint density at radius 3 is 2.65 bits per heavy atom. The van der Waals surface area contributed by atoms with Crippen LogP contribution in [-0.4, -0.2) is 42.4 Å². The highest BCUT2D eigenvalue weighted by molar-refractivity contribution is 6.33. The van der Waals surface area contributed by atoms with Crippen molar-refractivity contribution in [3.8, 4) is 0 Å². The van der Waals surface area contributed by atoms with E-state index in [-0.39, 0.29) is 28.8 Å². The van der Waals surface area contributed by atoms with Crippen molar-refractivity contribution in [1.82, 2.24) is 10.2 Å². The van der Waals surface area contributed by atoms with Crippen molar-refractivity contribution >= 4 is 29.1 Å². The van der Waals surface area contributed by atoms with Crippen molar-refractivity contribution in [1.29, 1.82) is 0 Å². The Morgan fingerprint density at radius 2 is 2.04 bits per heavy atom. The fourth-order valence-corrected chi connectivity index (χ4v) is 3.29. The first-order chi connectivity index (χ1) is 12.4. The minimum Gasteiger partial charge on any atom is -0.356 e. The maximum Gasteiger partial charge on any atom is 0.241 e. The smallest absolute Gasteiger partial charge is 0.241 e. The molecule has 0 bridgehead atoms. The first-order valence-corrected chi connectivity index (χ1v) is 9.57. The van der Waals surface area contributed by atoms with Gasteiger partial charge in [-0.2, -0.15) is 0 Å². The third-order valence-corrected chi connectivity index (χ3v) is 5.16. The maximum absolute atomic E-state index is 13.1. The zero-order valence-corrected chi connectivity index (χ0v) is 16.1. The Balaban J connectivity index is 1.82. The number of nitrogens with one attached hydrogen (secondary N) is 2. The zero-order valence-electron chi connectivity index (χ0n) is 15.4. The van der Waals surface area contributed by atoms with E-state index in [1.165, 1.54) is 18.2 Å². The van der Waals surface area contributed by atoms with E-state index in [4.69, 9.17) is 11.6 Å². The summed E-state index contributed by atoms with van der Waals surface area (Å²) in [6.45, 7) is 6.03. The molecule has 1 fully saturated rings. The topological polar surface area (TPSA) is 61.4 Å². The number of hydrogen-bond acceptors (Lipinski definition) is 3. The molecular formula is C19H27ClFN3O2. The van der Waals surface area contributed by atoms with Crippen LogP contribution < -0.4 is 10.6 Å². The normalized spacial score (nSPS) is 16.9. The van der Waals surface area contributed by atoms with Gasteiger partial charge in [0.05, 0.1) is 16.8 Å². The van der Waals surface area contributed by atoms with Crippen molar-refractivity contribution in [3.63, 3.8) is 0 Å². The number of amides is 2. The van der Waals surface area contributed by atoms with E-state index in [0.29, 0.717) is 18.8 Å². The molecule has 0 saturated carbocycles. The van der Waals surface area contributed by atoms with E-state index < -0.39 is 5.82 Å². The highest BCUT2D eigenvalue weighted by atomic mass is 35.5. The van der Waals surface area contributed by atoms with Crippen LogP contribution in [-0.2, 0) is 9.59 Å². The van der Waals surface area contributed by atoms with Gasteiger partial charge in [0.2, 0.25) is 11.8 Å². The first-order valence-electron chi connectivity index (χ1n) is 9.20. The third kappa shape index (κ3) is 5.68. The van der Waals surface area contributed by atoms with E-state index in [1.807, 2.05) is 6.92 Å². The van der Waals surface area contributed by atoms with Crippen molar-refractivity contribution in [2.75, 3.05) is 25.0 Å². The number of halogens is 2. The molecule has 1 unspecified atom stereocenters. The van der Waals surface area contributed by atoms with Crippen LogP contribution in [0.1, 0.15) is 39.5 Å². The molecule has 1 saturated heterocycles. The molecule has 0 spiro atoms. The van der Waals surface area contributed by atoms with Crippen molar-refractivity contribution < 1.29 is 14.0 Å². The Bertz CT molecular complexity index is 633. The van der Waals surface area contributed by atoms with E-state index >= 15 is 0 Å². The molecule has 1 aromatic rings. The van der Waals surface area contributed by atoms with Crippen LogP contribution in [0.25, 0.3) is 0 Å². The number of hydrogen-bond donors (Lipinski definition) is 2. The summed E-state index contributed by atoms with van der Waals surface area (Å²) in [5.41, 5.74) is 0.398. The van der Waals surface area contributed by atoms with Gasteiger partial charge in [0.1, 0.15) is 5.82 Å². The SMILES string of the molecule is CCCCNC(=O)C1CCN(C(C)C(=O)Nc2ccc(F)cc2Cl)CC1. The van der Waals surface area contributed by atoms with Gasteiger partial charge in [-0.15, -0.1) is 0 Å². The third-order valence-electron chi connectivity index (χ3n) is 4.85. The first kappa shape index (κ1) is 20.6. The van der Waals surface area contributed by atoms with Crippen molar-refractivity contribution in [2.45, 2.75) is 45.6 Å². The Labute approximate surface area is 159 Å². The van der Waals surface area contributed by atoms with Crippen LogP contribution in [0, 0.1) is 11.7 Å². The number of carbonyl (C=O) groups excluding carboxylic acids is 2. The van der Waals surface area contributed by atoms with E-state index in [9.17, 15) is 14.0 Å². The van der Waals surface area contributed by atoms with E-state index in [0.717, 1.165) is 32.2 Å². The molecule has 1 atom stereocenters. The molecule has 2 amide bonds. The van der Waals surface area contributed by atoms with Gasteiger partial charge in [0, 0.05) is 12.5 Å². The van der Waals surface area contributed by atoms with Gasteiger partial charge in [0.25, 0.3) is 0 Å². The molecule has 0 aliphatic carbocycles. The fourth-order valence-electron chi connectivity index (χ4n) is 3.08. The minimum atomic E-state index is -0.444. The van der Waals surface area contributed by atoms with Gasteiger partial charge in [-0.1, -0.05) is 24.9 Å². The second-order valence-corrected chi connectivity index (χ2v) is 7.15. The van der Waals surface area contributed by atoms with Gasteiger partial charge in [-0.25, -0.2) is 4.39 Å². The standard InChI is InChI=1S/C19H27ClFN3O2/c1-3-4-9-22-19(26)14-7-10-24(11-8-14)13(2)18(25)23-17-6-5-15(21)12-16(17)20/h5-6,12-14H,3-4,7-11H2,1-2H3,(H,22,26)(H,23,25). The quantitative estimate of drug-likeness (QED) is 0.709. The molecule has 5 nitrogen and oxygen atoms in total. The number of nitrogens with zero attached hydrogens (tertiary/aromatic N) is 1. The number of rotatable bonds is 7. The highest BCUT2D eigenvalue weighted by Gasteiger charge is 2.29. The Kier molecular flexibility index (Phi) is 7.85. The summed E-state index contributed by atoms with van der Waals surface area (Å²) in [6, 6.07) is 3.54. The number of anilines is 1. The number of benzene rings is 1. The lowest BCUT2D eigenvalue weighted by atomic mass is 9.95. The predicted octanol–water partition coefficient (Wildman–Crippen LogP) is 3.43. The van der Waals surface area contributed by atoms with E-state index in [2.05, 4.69) is 22.5 Å². The summed E-state index contributed by atoms with van der Waals surface area (Å²) >= 11 is 5.96. The molecule has 1 heterocycles. The fraction of sp³-hybridized carbons (Fsp3) is 0.579. The second-order valence-electron chi connectivity index (χ2n) is 6.74. The number of likely N-dealkylation sites (tertiary alicyclic amines) is 1. The van der Waals surface area contributed by atoms with Crippen LogP contribution in [0.2, 0.25) is 5.02 Å². The minimum absolute atomic E-state index is 0.0184. The van der Waals surface area contributed by atoms with Gasteiger partial charge < -0.3 is 10.6 Å². The van der Waals surface area contributed by atoms with Crippen LogP contribution in [0.3, 0.4) is 0 Å². The molecule has 144 valence electrons. The summed E-state index contributed by atoms with van der Waals surface area (Å²) in [7, 11) is 0. The molecule has 7 heteroatoms. The zero-order chi connectivity index (χ0) is 19.1. The Hall–Kier alpha value is -1.66. The molecular weight excluding hydrogens is 357 g/mol. The van der Waals surface area contributed by atoms with E-state index in [1.54, 1.807) is 0 Å². The van der Waals surface area contributed by atoms with Crippen LogP contribution in [0.4, 0.5) is 10.1 Å². The lowest BCUT2D eigenvalue weighted by Crippen LogP contribution is -2.48. The predicted molar refractivity (Wildman–Crippen MR) is 102 cm³/mol. The Morgan fingerprint density at radius 1 is 1.35 bits per heavy atom. The second kappa shape index (κ2) is 9.88. The largest absolute Gasteiger partial charge is 0.356 e. The average molecular weight is 384 g/mol. The molecule has 26 heavy (non-hydrogen) atoms. The molecule has 1 aromatic carbocycles. The summed E-state index contributed by atoms with van der Waals surface area (Å²) in [4.78, 5) is 26.6. The molecule has 2 N–H and O–H groups in total. The monoisotopic (exact) mass is 383 g/mol. The molecule has 0 radical (unpaired) electrons. The lowest BCUT2D eigenvalue weighted by Gasteiger charge is -2.34. The highest BCUT2D eigenvalue weighted by Crippen LogP contribution is 2.24. The number of carbonyl (C=O) groups is 2. The molecule has 0 aromatic heterocycles. The van der Waals surface area contributed by atoms with Crippen LogP contribution in [0.5, 0.6) is 0 Å². The van der Waals surface area contributed by atoms with Crippen LogP contribution >= 0.6 is 11.6 Å². The number of unbranched alkanes of at least 4 members (excludes halogenated alkanes) is 1. The maximum atomic E-state index is 13.1. The van der Waals surface area contributed by atoms with Gasteiger partial charge in [-0.3, -0.25) is 14.5 Å².